The van der Waals surface area contributed by atoms with Gasteiger partial charge in [0.05, 0.1) is 12.6 Å². The smallest absolute Gasteiger partial charge is 0.242 e. The summed E-state index contributed by atoms with van der Waals surface area (Å²) in [4.78, 5) is 33.4. The van der Waals surface area contributed by atoms with E-state index >= 15 is 0 Å². The van der Waals surface area contributed by atoms with E-state index in [1.807, 2.05) is 28.9 Å². The van der Waals surface area contributed by atoms with E-state index in [0.29, 0.717) is 17.7 Å². The van der Waals surface area contributed by atoms with Crippen LogP contribution in [-0.4, -0.2) is 75.2 Å². The Balaban J connectivity index is 0.000000785. The van der Waals surface area contributed by atoms with Gasteiger partial charge in [-0.1, -0.05) is 46.4 Å². The summed E-state index contributed by atoms with van der Waals surface area (Å²) in [6, 6.07) is -0.147. The van der Waals surface area contributed by atoms with E-state index in [0.717, 1.165) is 50.0 Å². The molecular formula is C23H41N5O2S. The zero-order chi connectivity index (χ0) is 23.0. The topological polar surface area (TPSA) is 70.5 Å². The van der Waals surface area contributed by atoms with Gasteiger partial charge in [0.1, 0.15) is 0 Å². The molecule has 1 N–H and O–H groups in total. The molecule has 3 rings (SSSR count). The molecule has 8 heteroatoms. The predicted octanol–water partition coefficient (Wildman–Crippen LogP) is 3.01. The quantitative estimate of drug-likeness (QED) is 0.720. The number of carbonyl (C=O) groups is 2. The SMILES string of the molecule is CC(C)C.CC(C)CC1NCCN(CC(=O)N2CCC(Sc3nccn3C)CC2)C1=O. The summed E-state index contributed by atoms with van der Waals surface area (Å²) >= 11 is 1.79. The Hall–Kier alpha value is -1.54. The van der Waals surface area contributed by atoms with Crippen molar-refractivity contribution in [2.45, 2.75) is 70.3 Å². The van der Waals surface area contributed by atoms with Crippen LogP contribution in [0.5, 0.6) is 0 Å². The molecule has 0 spiro atoms. The second kappa shape index (κ2) is 12.5. The highest BCUT2D eigenvalue weighted by Gasteiger charge is 2.32. The molecule has 0 bridgehead atoms. The number of hydrogen-bond donors (Lipinski definition) is 1. The number of nitrogens with one attached hydrogen (secondary N) is 1. The van der Waals surface area contributed by atoms with Crippen molar-refractivity contribution in [1.29, 1.82) is 0 Å². The highest BCUT2D eigenvalue weighted by molar-refractivity contribution is 7.99. The molecule has 0 saturated carbocycles. The van der Waals surface area contributed by atoms with Crippen LogP contribution in [0.2, 0.25) is 0 Å². The molecule has 1 aromatic heterocycles. The highest BCUT2D eigenvalue weighted by atomic mass is 32.2. The van der Waals surface area contributed by atoms with Gasteiger partial charge in [-0.3, -0.25) is 9.59 Å². The standard InChI is InChI=1S/C19H31N5O2S.C4H10/c1-14(2)12-16-18(26)24(11-7-20-16)13-17(25)23-8-4-15(5-9-23)27-19-21-6-10-22(19)3;1-4(2)3/h6,10,14-16,20H,4-5,7-9,11-13H2,1-3H3;4H,1-3H3. The summed E-state index contributed by atoms with van der Waals surface area (Å²) in [5.41, 5.74) is 0. The van der Waals surface area contributed by atoms with Crippen LogP contribution in [0.3, 0.4) is 0 Å². The number of amides is 2. The first-order valence-corrected chi connectivity index (χ1v) is 12.5. The molecule has 2 amide bonds. The first-order valence-electron chi connectivity index (χ1n) is 11.6. The van der Waals surface area contributed by atoms with E-state index in [-0.39, 0.29) is 24.4 Å². The van der Waals surface area contributed by atoms with Gasteiger partial charge in [-0.2, -0.15) is 0 Å². The third-order valence-corrected chi connectivity index (χ3v) is 6.67. The van der Waals surface area contributed by atoms with Crippen molar-refractivity contribution in [3.63, 3.8) is 0 Å². The lowest BCUT2D eigenvalue weighted by Gasteiger charge is -2.36. The predicted molar refractivity (Wildman–Crippen MR) is 127 cm³/mol. The van der Waals surface area contributed by atoms with Gasteiger partial charge in [0, 0.05) is 50.9 Å². The summed E-state index contributed by atoms with van der Waals surface area (Å²) in [5, 5.41) is 4.81. The van der Waals surface area contributed by atoms with Crippen LogP contribution in [0.25, 0.3) is 0 Å². The van der Waals surface area contributed by atoms with Gasteiger partial charge in [0.25, 0.3) is 0 Å². The molecule has 2 saturated heterocycles. The Morgan fingerprint density at radius 3 is 2.39 bits per heavy atom. The number of aryl methyl sites for hydroxylation is 1. The Bertz CT molecular complexity index is 695. The Labute approximate surface area is 192 Å². The number of thioether (sulfide) groups is 1. The molecular weight excluding hydrogens is 410 g/mol. The average molecular weight is 452 g/mol. The number of hydrogen-bond acceptors (Lipinski definition) is 5. The molecule has 0 aliphatic carbocycles. The minimum Gasteiger partial charge on any atom is -0.341 e. The van der Waals surface area contributed by atoms with Gasteiger partial charge in [0.15, 0.2) is 5.16 Å². The fourth-order valence-electron chi connectivity index (χ4n) is 3.71. The van der Waals surface area contributed by atoms with Gasteiger partial charge in [-0.05, 0) is 31.1 Å². The van der Waals surface area contributed by atoms with E-state index in [1.165, 1.54) is 0 Å². The maximum atomic E-state index is 12.7. The van der Waals surface area contributed by atoms with Gasteiger partial charge in [-0.15, -0.1) is 0 Å². The van der Waals surface area contributed by atoms with E-state index in [1.54, 1.807) is 16.7 Å². The van der Waals surface area contributed by atoms with Crippen LogP contribution in [0.4, 0.5) is 0 Å². The first kappa shape index (κ1) is 25.7. The van der Waals surface area contributed by atoms with Gasteiger partial charge < -0.3 is 19.7 Å². The summed E-state index contributed by atoms with van der Waals surface area (Å²) < 4.78 is 2.03. The fraction of sp³-hybridized carbons (Fsp3) is 0.783. The Morgan fingerprint density at radius 1 is 1.19 bits per heavy atom. The highest BCUT2D eigenvalue weighted by Crippen LogP contribution is 2.29. The van der Waals surface area contributed by atoms with Crippen molar-refractivity contribution in [2.75, 3.05) is 32.7 Å². The summed E-state index contributed by atoms with van der Waals surface area (Å²) in [6.07, 6.45) is 6.53. The molecule has 1 aromatic rings. The van der Waals surface area contributed by atoms with Crippen LogP contribution in [-0.2, 0) is 16.6 Å². The first-order chi connectivity index (χ1) is 14.7. The van der Waals surface area contributed by atoms with Gasteiger partial charge in [0.2, 0.25) is 11.8 Å². The third kappa shape index (κ3) is 8.48. The minimum atomic E-state index is -0.147. The molecule has 1 atom stereocenters. The molecule has 1 unspecified atom stereocenters. The lowest BCUT2D eigenvalue weighted by atomic mass is 10.0. The largest absolute Gasteiger partial charge is 0.341 e. The maximum absolute atomic E-state index is 12.7. The molecule has 0 radical (unpaired) electrons. The second-order valence-corrected chi connectivity index (χ2v) is 10.9. The molecule has 176 valence electrons. The number of carbonyl (C=O) groups excluding carboxylic acids is 2. The van der Waals surface area contributed by atoms with Crippen molar-refractivity contribution >= 4 is 23.6 Å². The lowest BCUT2D eigenvalue weighted by molar-refractivity contribution is -0.144. The number of rotatable bonds is 6. The molecule has 3 heterocycles. The van der Waals surface area contributed by atoms with Crippen molar-refractivity contribution in [3.05, 3.63) is 12.4 Å². The Morgan fingerprint density at radius 2 is 1.84 bits per heavy atom. The number of piperazine rings is 1. The summed E-state index contributed by atoms with van der Waals surface area (Å²) in [7, 11) is 2.00. The number of likely N-dealkylation sites (tertiary alicyclic amines) is 1. The van der Waals surface area contributed by atoms with Crippen LogP contribution in [0.1, 0.15) is 53.9 Å². The molecule has 2 aliphatic heterocycles. The van der Waals surface area contributed by atoms with Crippen LogP contribution < -0.4 is 5.32 Å². The van der Waals surface area contributed by atoms with Crippen LogP contribution >= 0.6 is 11.8 Å². The number of nitrogens with zero attached hydrogens (tertiary/aromatic N) is 4. The molecule has 31 heavy (non-hydrogen) atoms. The minimum absolute atomic E-state index is 0.0727. The maximum Gasteiger partial charge on any atom is 0.242 e. The van der Waals surface area contributed by atoms with Crippen LogP contribution in [0, 0.1) is 11.8 Å². The number of piperidine rings is 1. The van der Waals surface area contributed by atoms with E-state index < -0.39 is 0 Å². The third-order valence-electron chi connectivity index (χ3n) is 5.26. The zero-order valence-corrected chi connectivity index (χ0v) is 21.0. The Kier molecular flexibility index (Phi) is 10.4. The van der Waals surface area contributed by atoms with Crippen molar-refractivity contribution in [1.82, 2.24) is 24.7 Å². The summed E-state index contributed by atoms with van der Waals surface area (Å²) in [5.74, 6) is 1.44. The normalized spacial score (nSPS) is 20.3. The van der Waals surface area contributed by atoms with E-state index in [9.17, 15) is 9.59 Å². The molecule has 2 fully saturated rings. The van der Waals surface area contributed by atoms with Crippen molar-refractivity contribution in [2.24, 2.45) is 18.9 Å². The number of imidazole rings is 1. The van der Waals surface area contributed by atoms with E-state index in [2.05, 4.69) is 44.9 Å². The van der Waals surface area contributed by atoms with Gasteiger partial charge in [-0.25, -0.2) is 4.98 Å². The van der Waals surface area contributed by atoms with E-state index in [4.69, 9.17) is 0 Å². The van der Waals surface area contributed by atoms with Gasteiger partial charge >= 0.3 is 0 Å². The molecule has 0 aromatic carbocycles. The molecule has 2 aliphatic rings. The summed E-state index contributed by atoms with van der Waals surface area (Å²) in [6.45, 7) is 13.8. The zero-order valence-electron chi connectivity index (χ0n) is 20.1. The lowest BCUT2D eigenvalue weighted by Crippen LogP contribution is -2.57. The van der Waals surface area contributed by atoms with Crippen molar-refractivity contribution < 1.29 is 9.59 Å². The number of aromatic nitrogens is 2. The average Bonchev–Trinajstić information content (AvgIpc) is 3.09. The monoisotopic (exact) mass is 451 g/mol. The fourth-order valence-corrected chi connectivity index (χ4v) is 4.80. The van der Waals surface area contributed by atoms with Crippen molar-refractivity contribution in [3.8, 4) is 0 Å². The van der Waals surface area contributed by atoms with Crippen LogP contribution in [0.15, 0.2) is 17.6 Å². The second-order valence-electron chi connectivity index (χ2n) is 9.65. The molecule has 7 nitrogen and oxygen atoms in total.